The van der Waals surface area contributed by atoms with Gasteiger partial charge in [0, 0.05) is 11.8 Å². The molecule has 0 radical (unpaired) electrons. The highest BCUT2D eigenvalue weighted by Crippen LogP contribution is 2.21. The molecule has 3 rings (SSSR count). The van der Waals surface area contributed by atoms with Crippen LogP contribution < -0.4 is 0 Å². The van der Waals surface area contributed by atoms with Gasteiger partial charge in [0.2, 0.25) is 5.90 Å². The van der Waals surface area contributed by atoms with E-state index in [0.29, 0.717) is 30.5 Å². The van der Waals surface area contributed by atoms with Crippen LogP contribution in [0.25, 0.3) is 0 Å². The van der Waals surface area contributed by atoms with Crippen molar-refractivity contribution in [2.45, 2.75) is 32.9 Å². The van der Waals surface area contributed by atoms with Gasteiger partial charge in [0.1, 0.15) is 18.1 Å². The van der Waals surface area contributed by atoms with Gasteiger partial charge in [-0.3, -0.25) is 0 Å². The van der Waals surface area contributed by atoms with Gasteiger partial charge in [-0.15, -0.1) is 0 Å². The van der Waals surface area contributed by atoms with Crippen molar-refractivity contribution >= 4 is 5.90 Å². The maximum atomic E-state index is 13.8. The van der Waals surface area contributed by atoms with Crippen LogP contribution in [0.3, 0.4) is 0 Å². The van der Waals surface area contributed by atoms with E-state index < -0.39 is 0 Å². The molecule has 0 bridgehead atoms. The monoisotopic (exact) mass is 300 g/mol. The van der Waals surface area contributed by atoms with Crippen molar-refractivity contribution in [3.8, 4) is 0 Å². The summed E-state index contributed by atoms with van der Waals surface area (Å²) in [6.07, 6.45) is 3.02. The molecule has 0 saturated heterocycles. The molecular formula is C18H21FN2O. The van der Waals surface area contributed by atoms with Crippen molar-refractivity contribution in [3.05, 3.63) is 59.7 Å². The van der Waals surface area contributed by atoms with Gasteiger partial charge in [0.05, 0.1) is 12.6 Å². The molecule has 1 aliphatic rings. The van der Waals surface area contributed by atoms with E-state index in [1.165, 1.54) is 6.07 Å². The lowest BCUT2D eigenvalue weighted by molar-refractivity contribution is 0.281. The van der Waals surface area contributed by atoms with Gasteiger partial charge in [0.25, 0.3) is 0 Å². The van der Waals surface area contributed by atoms with E-state index in [1.807, 2.05) is 29.0 Å². The molecule has 1 aromatic heterocycles. The predicted molar refractivity (Wildman–Crippen MR) is 85.7 cm³/mol. The van der Waals surface area contributed by atoms with Crippen LogP contribution in [-0.2, 0) is 11.3 Å². The van der Waals surface area contributed by atoms with Crippen LogP contribution in [0.4, 0.5) is 4.39 Å². The van der Waals surface area contributed by atoms with E-state index in [2.05, 4.69) is 13.8 Å². The number of halogens is 1. The first-order valence-electron chi connectivity index (χ1n) is 7.78. The Hall–Kier alpha value is -2.10. The van der Waals surface area contributed by atoms with Crippen molar-refractivity contribution in [2.24, 2.45) is 10.9 Å². The molecule has 1 aliphatic heterocycles. The number of ether oxygens (including phenoxy) is 1. The average Bonchev–Trinajstić information content (AvgIpc) is 3.17. The van der Waals surface area contributed by atoms with E-state index in [1.54, 1.807) is 12.1 Å². The maximum Gasteiger partial charge on any atom is 0.233 e. The van der Waals surface area contributed by atoms with E-state index in [-0.39, 0.29) is 11.9 Å². The highest BCUT2D eigenvalue weighted by Gasteiger charge is 2.25. The van der Waals surface area contributed by atoms with Gasteiger partial charge >= 0.3 is 0 Å². The van der Waals surface area contributed by atoms with Crippen LogP contribution in [0.1, 0.15) is 31.5 Å². The summed E-state index contributed by atoms with van der Waals surface area (Å²) in [5.41, 5.74) is 1.58. The molecule has 2 atom stereocenters. The third-order valence-corrected chi connectivity index (χ3v) is 4.32. The minimum Gasteiger partial charge on any atom is -0.474 e. The lowest BCUT2D eigenvalue weighted by Crippen LogP contribution is -2.16. The van der Waals surface area contributed by atoms with Crippen molar-refractivity contribution < 1.29 is 9.13 Å². The number of benzene rings is 1. The van der Waals surface area contributed by atoms with Gasteiger partial charge in [-0.2, -0.15) is 0 Å². The molecule has 0 N–H and O–H groups in total. The first-order valence-corrected chi connectivity index (χ1v) is 7.78. The normalized spacial score (nSPS) is 18.9. The summed E-state index contributed by atoms with van der Waals surface area (Å²) in [4.78, 5) is 4.71. The average molecular weight is 300 g/mol. The molecule has 4 heteroatoms. The number of hydrogen-bond acceptors (Lipinski definition) is 2. The van der Waals surface area contributed by atoms with Crippen LogP contribution in [0.15, 0.2) is 47.6 Å². The number of aromatic nitrogens is 1. The summed E-state index contributed by atoms with van der Waals surface area (Å²) in [7, 11) is 0. The third kappa shape index (κ3) is 2.91. The topological polar surface area (TPSA) is 26.5 Å². The molecule has 2 aromatic rings. The smallest absolute Gasteiger partial charge is 0.233 e. The predicted octanol–water partition coefficient (Wildman–Crippen LogP) is 3.87. The molecule has 0 aliphatic carbocycles. The fraction of sp³-hybridized carbons (Fsp3) is 0.389. The molecule has 0 spiro atoms. The zero-order valence-corrected chi connectivity index (χ0v) is 13.0. The molecule has 2 heterocycles. The maximum absolute atomic E-state index is 13.8. The molecular weight excluding hydrogens is 279 g/mol. The van der Waals surface area contributed by atoms with Crippen molar-refractivity contribution in [1.29, 1.82) is 0 Å². The van der Waals surface area contributed by atoms with Crippen LogP contribution in [0.2, 0.25) is 0 Å². The summed E-state index contributed by atoms with van der Waals surface area (Å²) in [5.74, 6) is 0.994. The first kappa shape index (κ1) is 14.8. The Kier molecular flexibility index (Phi) is 4.27. The SMILES string of the molecule is CC[C@H](C)[C@H]1COC(c2cccn2Cc2ccccc2F)=N1. The minimum absolute atomic E-state index is 0.186. The van der Waals surface area contributed by atoms with Gasteiger partial charge in [-0.25, -0.2) is 9.38 Å². The van der Waals surface area contributed by atoms with Crippen LogP contribution in [-0.4, -0.2) is 23.1 Å². The Morgan fingerprint density at radius 3 is 2.91 bits per heavy atom. The first-order chi connectivity index (χ1) is 10.7. The Labute approximate surface area is 130 Å². The minimum atomic E-state index is -0.186. The second kappa shape index (κ2) is 6.34. The van der Waals surface area contributed by atoms with Crippen LogP contribution >= 0.6 is 0 Å². The lowest BCUT2D eigenvalue weighted by atomic mass is 10.0. The second-order valence-electron chi connectivity index (χ2n) is 5.81. The molecule has 0 saturated carbocycles. The fourth-order valence-electron chi connectivity index (χ4n) is 2.65. The van der Waals surface area contributed by atoms with Crippen molar-refractivity contribution in [1.82, 2.24) is 4.57 Å². The standard InChI is InChI=1S/C18H21FN2O/c1-3-13(2)16-12-22-18(20-16)17-9-6-10-21(17)11-14-7-4-5-8-15(14)19/h4-10,13,16H,3,11-12H2,1-2H3/t13-,16+/m0/s1. The highest BCUT2D eigenvalue weighted by molar-refractivity contribution is 5.93. The third-order valence-electron chi connectivity index (χ3n) is 4.32. The molecule has 0 fully saturated rings. The zero-order chi connectivity index (χ0) is 15.5. The van der Waals surface area contributed by atoms with Gasteiger partial charge in [-0.05, 0) is 24.1 Å². The highest BCUT2D eigenvalue weighted by atomic mass is 19.1. The molecule has 22 heavy (non-hydrogen) atoms. The molecule has 1 aromatic carbocycles. The summed E-state index contributed by atoms with van der Waals surface area (Å²) >= 11 is 0. The number of rotatable bonds is 5. The molecule has 3 nitrogen and oxygen atoms in total. The summed E-state index contributed by atoms with van der Waals surface area (Å²) in [6, 6.07) is 11.0. The zero-order valence-electron chi connectivity index (χ0n) is 13.0. The number of hydrogen-bond donors (Lipinski definition) is 0. The van der Waals surface area contributed by atoms with Crippen molar-refractivity contribution in [3.63, 3.8) is 0 Å². The van der Waals surface area contributed by atoms with Crippen LogP contribution in [0.5, 0.6) is 0 Å². The molecule has 116 valence electrons. The molecule has 0 amide bonds. The van der Waals surface area contributed by atoms with E-state index >= 15 is 0 Å². The second-order valence-corrected chi connectivity index (χ2v) is 5.81. The summed E-state index contributed by atoms with van der Waals surface area (Å²) in [6.45, 7) is 5.47. The molecule has 0 unspecified atom stereocenters. The Morgan fingerprint density at radius 1 is 1.32 bits per heavy atom. The van der Waals surface area contributed by atoms with E-state index in [9.17, 15) is 4.39 Å². The quantitative estimate of drug-likeness (QED) is 0.823. The number of aliphatic imine (C=N–C) groups is 1. The van der Waals surface area contributed by atoms with Gasteiger partial charge < -0.3 is 9.30 Å². The Morgan fingerprint density at radius 2 is 2.14 bits per heavy atom. The fourth-order valence-corrected chi connectivity index (χ4v) is 2.65. The Bertz CT molecular complexity index is 677. The lowest BCUT2D eigenvalue weighted by Gasteiger charge is -2.11. The van der Waals surface area contributed by atoms with Crippen LogP contribution in [0, 0.1) is 11.7 Å². The van der Waals surface area contributed by atoms with Crippen molar-refractivity contribution in [2.75, 3.05) is 6.61 Å². The number of nitrogens with zero attached hydrogens (tertiary/aromatic N) is 2. The van der Waals surface area contributed by atoms with Gasteiger partial charge in [-0.1, -0.05) is 38.5 Å². The summed E-state index contributed by atoms with van der Waals surface area (Å²) < 4.78 is 21.6. The largest absolute Gasteiger partial charge is 0.474 e. The Balaban J connectivity index is 1.83. The van der Waals surface area contributed by atoms with E-state index in [4.69, 9.17) is 9.73 Å². The van der Waals surface area contributed by atoms with Gasteiger partial charge in [0.15, 0.2) is 0 Å². The summed E-state index contributed by atoms with van der Waals surface area (Å²) in [5, 5.41) is 0. The van der Waals surface area contributed by atoms with E-state index in [0.717, 1.165) is 12.1 Å².